The Kier molecular flexibility index (Phi) is 3.19. The van der Waals surface area contributed by atoms with Crippen molar-refractivity contribution in [1.82, 2.24) is 0 Å². The minimum absolute atomic E-state index is 0.0592. The fraction of sp³-hybridized carbons (Fsp3) is 0.167. The van der Waals surface area contributed by atoms with Crippen molar-refractivity contribution >= 4 is 11.9 Å². The van der Waals surface area contributed by atoms with Crippen LogP contribution in [0.2, 0.25) is 0 Å². The van der Waals surface area contributed by atoms with Gasteiger partial charge in [0.1, 0.15) is 0 Å². The first-order chi connectivity index (χ1) is 6.65. The van der Waals surface area contributed by atoms with Gasteiger partial charge in [0.25, 0.3) is 0 Å². The van der Waals surface area contributed by atoms with Gasteiger partial charge in [0.05, 0.1) is 6.07 Å². The minimum atomic E-state index is 0.0592. The molecule has 2 heteroatoms. The van der Waals surface area contributed by atoms with Crippen LogP contribution in [0.3, 0.4) is 0 Å². The van der Waals surface area contributed by atoms with Gasteiger partial charge in [-0.1, -0.05) is 12.1 Å². The summed E-state index contributed by atoms with van der Waals surface area (Å²) in [5, 5.41) is 8.37. The number of hydrogen-bond donors (Lipinski definition) is 0. The fourth-order valence-corrected chi connectivity index (χ4v) is 1.21. The highest BCUT2D eigenvalue weighted by Crippen LogP contribution is 2.13. The highest BCUT2D eigenvalue weighted by atomic mass is 16.1. The van der Waals surface area contributed by atoms with Gasteiger partial charge in [-0.2, -0.15) is 5.26 Å². The van der Waals surface area contributed by atoms with Crippen molar-refractivity contribution in [2.45, 2.75) is 13.8 Å². The van der Waals surface area contributed by atoms with Gasteiger partial charge in [-0.25, -0.2) is 0 Å². The molecular formula is C12H11NO. The number of ketones is 1. The van der Waals surface area contributed by atoms with Crippen LogP contribution in [0.5, 0.6) is 0 Å². The third-order valence-corrected chi connectivity index (χ3v) is 2.01. The van der Waals surface area contributed by atoms with Crippen molar-refractivity contribution in [1.29, 1.82) is 5.26 Å². The minimum Gasteiger partial charge on any atom is -0.295 e. The standard InChI is InChI=1S/C12H11NO/c1-9-8-12(10(2)14)6-5-11(9)4-3-7-13/h3-6,8H,1-2H3. The summed E-state index contributed by atoms with van der Waals surface area (Å²) in [4.78, 5) is 11.1. The lowest BCUT2D eigenvalue weighted by Crippen LogP contribution is -1.93. The first-order valence-electron chi connectivity index (χ1n) is 4.33. The quantitative estimate of drug-likeness (QED) is 0.525. The molecule has 0 saturated heterocycles. The Balaban J connectivity index is 3.09. The lowest BCUT2D eigenvalue weighted by atomic mass is 10.0. The summed E-state index contributed by atoms with van der Waals surface area (Å²) < 4.78 is 0. The van der Waals surface area contributed by atoms with E-state index in [4.69, 9.17) is 5.26 Å². The number of nitrogens with zero attached hydrogens (tertiary/aromatic N) is 1. The Hall–Kier alpha value is -1.88. The summed E-state index contributed by atoms with van der Waals surface area (Å²) in [5.41, 5.74) is 2.68. The van der Waals surface area contributed by atoms with Crippen LogP contribution in [-0.4, -0.2) is 5.78 Å². The molecule has 0 aliphatic rings. The third-order valence-electron chi connectivity index (χ3n) is 2.01. The molecule has 0 aliphatic carbocycles. The maximum atomic E-state index is 11.1. The smallest absolute Gasteiger partial charge is 0.159 e. The van der Waals surface area contributed by atoms with Crippen molar-refractivity contribution in [2.75, 3.05) is 0 Å². The van der Waals surface area contributed by atoms with Gasteiger partial charge < -0.3 is 0 Å². The molecule has 1 aromatic carbocycles. The number of rotatable bonds is 2. The molecule has 14 heavy (non-hydrogen) atoms. The summed E-state index contributed by atoms with van der Waals surface area (Å²) in [7, 11) is 0. The van der Waals surface area contributed by atoms with Crippen molar-refractivity contribution in [3.8, 4) is 6.07 Å². The Bertz CT molecular complexity index is 424. The molecule has 0 amide bonds. The van der Waals surface area contributed by atoms with Crippen molar-refractivity contribution in [2.24, 2.45) is 0 Å². The number of benzene rings is 1. The number of allylic oxidation sites excluding steroid dienone is 1. The largest absolute Gasteiger partial charge is 0.295 e. The van der Waals surface area contributed by atoms with E-state index in [2.05, 4.69) is 0 Å². The van der Waals surface area contributed by atoms with E-state index in [9.17, 15) is 4.79 Å². The summed E-state index contributed by atoms with van der Waals surface area (Å²) >= 11 is 0. The van der Waals surface area contributed by atoms with E-state index in [0.717, 1.165) is 11.1 Å². The van der Waals surface area contributed by atoms with Crippen LogP contribution in [-0.2, 0) is 0 Å². The molecule has 0 unspecified atom stereocenters. The second-order valence-corrected chi connectivity index (χ2v) is 3.09. The molecule has 0 aromatic heterocycles. The van der Waals surface area contributed by atoms with Crippen LogP contribution >= 0.6 is 0 Å². The van der Waals surface area contributed by atoms with E-state index in [1.54, 1.807) is 19.1 Å². The molecule has 0 saturated carbocycles. The topological polar surface area (TPSA) is 40.9 Å². The highest BCUT2D eigenvalue weighted by molar-refractivity contribution is 5.94. The summed E-state index contributed by atoms with van der Waals surface area (Å²) in [6.45, 7) is 3.46. The first kappa shape index (κ1) is 10.2. The molecule has 2 nitrogen and oxygen atoms in total. The molecule has 0 fully saturated rings. The zero-order valence-corrected chi connectivity index (χ0v) is 8.24. The monoisotopic (exact) mass is 185 g/mol. The predicted molar refractivity (Wildman–Crippen MR) is 55.8 cm³/mol. The molecule has 0 atom stereocenters. The molecule has 0 N–H and O–H groups in total. The van der Waals surface area contributed by atoms with Crippen molar-refractivity contribution in [3.05, 3.63) is 41.0 Å². The Morgan fingerprint density at radius 2 is 2.21 bits per heavy atom. The molecule has 0 spiro atoms. The van der Waals surface area contributed by atoms with Crippen LogP contribution in [0.15, 0.2) is 24.3 Å². The van der Waals surface area contributed by atoms with E-state index < -0.39 is 0 Å². The number of hydrogen-bond acceptors (Lipinski definition) is 2. The maximum Gasteiger partial charge on any atom is 0.159 e. The number of carbonyl (C=O) groups excluding carboxylic acids is 1. The number of carbonyl (C=O) groups is 1. The lowest BCUT2D eigenvalue weighted by molar-refractivity contribution is 0.101. The van der Waals surface area contributed by atoms with Gasteiger partial charge in [0.15, 0.2) is 5.78 Å². The van der Waals surface area contributed by atoms with Crippen LogP contribution < -0.4 is 0 Å². The number of aryl methyl sites for hydroxylation is 1. The van der Waals surface area contributed by atoms with Crippen LogP contribution in [0.4, 0.5) is 0 Å². The summed E-state index contributed by atoms with van der Waals surface area (Å²) in [6, 6.07) is 7.38. The van der Waals surface area contributed by atoms with Gasteiger partial charge in [-0.15, -0.1) is 0 Å². The Morgan fingerprint density at radius 3 is 2.71 bits per heavy atom. The molecule has 0 radical (unpaired) electrons. The molecular weight excluding hydrogens is 174 g/mol. The maximum absolute atomic E-state index is 11.1. The van der Waals surface area contributed by atoms with Crippen LogP contribution in [0, 0.1) is 18.3 Å². The number of Topliss-reactive ketones (excluding diaryl/α,β-unsaturated/α-hetero) is 1. The number of nitriles is 1. The van der Waals surface area contributed by atoms with E-state index in [0.29, 0.717) is 5.56 Å². The molecule has 0 bridgehead atoms. The zero-order valence-electron chi connectivity index (χ0n) is 8.24. The highest BCUT2D eigenvalue weighted by Gasteiger charge is 2.00. The molecule has 70 valence electrons. The van der Waals surface area contributed by atoms with E-state index in [-0.39, 0.29) is 5.78 Å². The summed E-state index contributed by atoms with van der Waals surface area (Å²) in [6.07, 6.45) is 3.16. The van der Waals surface area contributed by atoms with Gasteiger partial charge in [0.2, 0.25) is 0 Å². The summed E-state index contributed by atoms with van der Waals surface area (Å²) in [5.74, 6) is 0.0592. The average Bonchev–Trinajstić information content (AvgIpc) is 2.15. The molecule has 0 aliphatic heterocycles. The first-order valence-corrected chi connectivity index (χ1v) is 4.33. The van der Waals surface area contributed by atoms with E-state index >= 15 is 0 Å². The van der Waals surface area contributed by atoms with Gasteiger partial charge >= 0.3 is 0 Å². The third kappa shape index (κ3) is 2.30. The second kappa shape index (κ2) is 4.38. The average molecular weight is 185 g/mol. The Labute approximate surface area is 83.5 Å². The van der Waals surface area contributed by atoms with Gasteiger partial charge in [0, 0.05) is 11.6 Å². The predicted octanol–water partition coefficient (Wildman–Crippen LogP) is 2.73. The van der Waals surface area contributed by atoms with Crippen molar-refractivity contribution in [3.63, 3.8) is 0 Å². The zero-order chi connectivity index (χ0) is 10.6. The normalized spacial score (nSPS) is 10.1. The van der Waals surface area contributed by atoms with E-state index in [1.165, 1.54) is 6.08 Å². The Morgan fingerprint density at radius 1 is 1.50 bits per heavy atom. The fourth-order valence-electron chi connectivity index (χ4n) is 1.21. The molecule has 1 rings (SSSR count). The van der Waals surface area contributed by atoms with Crippen LogP contribution in [0.1, 0.15) is 28.4 Å². The lowest BCUT2D eigenvalue weighted by Gasteiger charge is -2.01. The second-order valence-electron chi connectivity index (χ2n) is 3.09. The molecule has 0 heterocycles. The SMILES string of the molecule is CC(=O)c1ccc(C=CC#N)c(C)c1. The van der Waals surface area contributed by atoms with Crippen LogP contribution in [0.25, 0.3) is 6.08 Å². The van der Waals surface area contributed by atoms with Gasteiger partial charge in [-0.05, 0) is 37.1 Å². The molecule has 1 aromatic rings. The van der Waals surface area contributed by atoms with E-state index in [1.807, 2.05) is 25.1 Å². The van der Waals surface area contributed by atoms with Gasteiger partial charge in [-0.3, -0.25) is 4.79 Å². The van der Waals surface area contributed by atoms with Crippen molar-refractivity contribution < 1.29 is 4.79 Å².